The van der Waals surface area contributed by atoms with E-state index in [0.29, 0.717) is 31.2 Å². The summed E-state index contributed by atoms with van der Waals surface area (Å²) >= 11 is 0. The van der Waals surface area contributed by atoms with E-state index in [1.165, 1.54) is 0 Å². The molecular formula is C16H26N2O3. The fourth-order valence-electron chi connectivity index (χ4n) is 1.66. The first-order chi connectivity index (χ1) is 10.1. The third-order valence-corrected chi connectivity index (χ3v) is 2.75. The Bertz CT molecular complexity index is 422. The van der Waals surface area contributed by atoms with Crippen LogP contribution in [0.1, 0.15) is 24.2 Å². The average molecular weight is 294 g/mol. The zero-order chi connectivity index (χ0) is 15.5. The van der Waals surface area contributed by atoms with E-state index in [1.807, 2.05) is 12.1 Å². The van der Waals surface area contributed by atoms with Crippen molar-refractivity contribution < 1.29 is 14.3 Å². The Morgan fingerprint density at radius 1 is 1.24 bits per heavy atom. The summed E-state index contributed by atoms with van der Waals surface area (Å²) in [4.78, 5) is 12.0. The molecule has 0 aromatic heterocycles. The second-order valence-electron chi connectivity index (χ2n) is 5.23. The zero-order valence-electron chi connectivity index (χ0n) is 13.1. The van der Waals surface area contributed by atoms with Crippen molar-refractivity contribution in [1.29, 1.82) is 0 Å². The second-order valence-corrected chi connectivity index (χ2v) is 5.23. The van der Waals surface area contributed by atoms with Crippen molar-refractivity contribution in [1.82, 2.24) is 10.6 Å². The second kappa shape index (κ2) is 10.2. The average Bonchev–Trinajstić information content (AvgIpc) is 2.48. The van der Waals surface area contributed by atoms with Crippen molar-refractivity contribution in [3.05, 3.63) is 29.8 Å². The van der Waals surface area contributed by atoms with Gasteiger partial charge in [-0.3, -0.25) is 4.79 Å². The van der Waals surface area contributed by atoms with Gasteiger partial charge in [0.05, 0.1) is 13.2 Å². The number of methoxy groups -OCH3 is 1. The van der Waals surface area contributed by atoms with Crippen LogP contribution in [0.3, 0.4) is 0 Å². The molecule has 5 nitrogen and oxygen atoms in total. The van der Waals surface area contributed by atoms with Crippen molar-refractivity contribution in [3.63, 3.8) is 0 Å². The van der Waals surface area contributed by atoms with Crippen LogP contribution in [-0.2, 0) is 4.74 Å². The number of ether oxygens (including phenoxy) is 2. The van der Waals surface area contributed by atoms with Gasteiger partial charge in [0.25, 0.3) is 5.91 Å². The van der Waals surface area contributed by atoms with Gasteiger partial charge in [-0.25, -0.2) is 0 Å². The highest BCUT2D eigenvalue weighted by Gasteiger charge is 2.06. The molecule has 0 aliphatic rings. The number of carbonyl (C=O) groups excluding carboxylic acids is 1. The van der Waals surface area contributed by atoms with Gasteiger partial charge in [0.1, 0.15) is 5.75 Å². The van der Waals surface area contributed by atoms with Crippen LogP contribution in [-0.4, -0.2) is 45.9 Å². The molecule has 1 aromatic rings. The summed E-state index contributed by atoms with van der Waals surface area (Å²) in [5.74, 6) is 1.11. The highest BCUT2D eigenvalue weighted by Crippen LogP contribution is 2.14. The van der Waals surface area contributed by atoms with E-state index < -0.39 is 0 Å². The lowest BCUT2D eigenvalue weighted by Gasteiger charge is -2.10. The zero-order valence-corrected chi connectivity index (χ0v) is 13.1. The van der Waals surface area contributed by atoms with Crippen LogP contribution in [0.2, 0.25) is 0 Å². The van der Waals surface area contributed by atoms with Crippen molar-refractivity contribution in [3.8, 4) is 5.75 Å². The minimum Gasteiger partial charge on any atom is -0.493 e. The van der Waals surface area contributed by atoms with Crippen molar-refractivity contribution >= 4 is 5.91 Å². The van der Waals surface area contributed by atoms with E-state index >= 15 is 0 Å². The standard InChI is InChI=1S/C16H26N2O3/c1-13(2)12-21-15-6-4-5-14(11-15)16(19)18-8-7-17-9-10-20-3/h4-6,11,13,17H,7-10,12H2,1-3H3,(H,18,19). The van der Waals surface area contributed by atoms with Crippen LogP contribution < -0.4 is 15.4 Å². The van der Waals surface area contributed by atoms with Gasteiger partial charge in [0.15, 0.2) is 0 Å². The summed E-state index contributed by atoms with van der Waals surface area (Å²) in [5.41, 5.74) is 0.619. The summed E-state index contributed by atoms with van der Waals surface area (Å²) in [6.07, 6.45) is 0. The summed E-state index contributed by atoms with van der Waals surface area (Å²) in [5, 5.41) is 6.04. The Morgan fingerprint density at radius 2 is 2.05 bits per heavy atom. The predicted octanol–water partition coefficient (Wildman–Crippen LogP) is 1.69. The third kappa shape index (κ3) is 7.68. The topological polar surface area (TPSA) is 59.6 Å². The van der Waals surface area contributed by atoms with E-state index in [4.69, 9.17) is 9.47 Å². The predicted molar refractivity (Wildman–Crippen MR) is 83.9 cm³/mol. The Balaban J connectivity index is 2.34. The molecule has 0 atom stereocenters. The summed E-state index contributed by atoms with van der Waals surface area (Å²) < 4.78 is 10.5. The molecule has 0 radical (unpaired) electrons. The smallest absolute Gasteiger partial charge is 0.251 e. The van der Waals surface area contributed by atoms with E-state index in [9.17, 15) is 4.79 Å². The first-order valence-corrected chi connectivity index (χ1v) is 7.34. The minimum absolute atomic E-state index is 0.0847. The molecule has 0 spiro atoms. The lowest BCUT2D eigenvalue weighted by Crippen LogP contribution is -2.33. The molecule has 0 saturated carbocycles. The van der Waals surface area contributed by atoms with E-state index in [-0.39, 0.29) is 5.91 Å². The molecule has 2 N–H and O–H groups in total. The van der Waals surface area contributed by atoms with Crippen molar-refractivity contribution in [2.45, 2.75) is 13.8 Å². The van der Waals surface area contributed by atoms with Crippen LogP contribution in [0.25, 0.3) is 0 Å². The van der Waals surface area contributed by atoms with Gasteiger partial charge in [-0.1, -0.05) is 19.9 Å². The van der Waals surface area contributed by atoms with E-state index in [0.717, 1.165) is 18.8 Å². The molecule has 118 valence electrons. The molecule has 0 saturated heterocycles. The summed E-state index contributed by atoms with van der Waals surface area (Å²) in [7, 11) is 1.66. The van der Waals surface area contributed by atoms with Gasteiger partial charge in [-0.05, 0) is 24.1 Å². The molecular weight excluding hydrogens is 268 g/mol. The summed E-state index contributed by atoms with van der Waals surface area (Å²) in [6, 6.07) is 7.26. The Hall–Kier alpha value is -1.59. The molecule has 1 aromatic carbocycles. The van der Waals surface area contributed by atoms with Crippen molar-refractivity contribution in [2.24, 2.45) is 5.92 Å². The van der Waals surface area contributed by atoms with Gasteiger partial charge >= 0.3 is 0 Å². The number of benzene rings is 1. The Morgan fingerprint density at radius 3 is 2.76 bits per heavy atom. The van der Waals surface area contributed by atoms with Crippen LogP contribution in [0, 0.1) is 5.92 Å². The van der Waals surface area contributed by atoms with Gasteiger partial charge in [0.2, 0.25) is 0 Å². The molecule has 0 unspecified atom stereocenters. The largest absolute Gasteiger partial charge is 0.493 e. The Kier molecular flexibility index (Phi) is 8.47. The molecule has 21 heavy (non-hydrogen) atoms. The number of hydrogen-bond acceptors (Lipinski definition) is 4. The van der Waals surface area contributed by atoms with Gasteiger partial charge in [-0.2, -0.15) is 0 Å². The minimum atomic E-state index is -0.0847. The quantitative estimate of drug-likeness (QED) is 0.645. The molecule has 1 rings (SSSR count). The monoisotopic (exact) mass is 294 g/mol. The van der Waals surface area contributed by atoms with E-state index in [2.05, 4.69) is 24.5 Å². The van der Waals surface area contributed by atoms with Crippen LogP contribution in [0.5, 0.6) is 5.75 Å². The normalized spacial score (nSPS) is 10.7. The van der Waals surface area contributed by atoms with Gasteiger partial charge < -0.3 is 20.1 Å². The molecule has 1 amide bonds. The number of nitrogens with one attached hydrogen (secondary N) is 2. The maximum atomic E-state index is 12.0. The number of carbonyl (C=O) groups is 1. The highest BCUT2D eigenvalue weighted by atomic mass is 16.5. The SMILES string of the molecule is COCCNCCNC(=O)c1cccc(OCC(C)C)c1. The first-order valence-electron chi connectivity index (χ1n) is 7.34. The molecule has 5 heteroatoms. The fraction of sp³-hybridized carbons (Fsp3) is 0.562. The lowest BCUT2D eigenvalue weighted by molar-refractivity contribution is 0.0953. The molecule has 0 heterocycles. The highest BCUT2D eigenvalue weighted by molar-refractivity contribution is 5.94. The van der Waals surface area contributed by atoms with Gasteiger partial charge in [-0.15, -0.1) is 0 Å². The third-order valence-electron chi connectivity index (χ3n) is 2.75. The fourth-order valence-corrected chi connectivity index (χ4v) is 1.66. The lowest BCUT2D eigenvalue weighted by atomic mass is 10.2. The van der Waals surface area contributed by atoms with Gasteiger partial charge in [0, 0.05) is 32.3 Å². The maximum absolute atomic E-state index is 12.0. The molecule has 0 bridgehead atoms. The van der Waals surface area contributed by atoms with Crippen LogP contribution in [0.4, 0.5) is 0 Å². The molecule has 0 aliphatic carbocycles. The first kappa shape index (κ1) is 17.5. The summed E-state index contributed by atoms with van der Waals surface area (Å²) in [6.45, 7) is 7.58. The van der Waals surface area contributed by atoms with Crippen LogP contribution >= 0.6 is 0 Å². The van der Waals surface area contributed by atoms with E-state index in [1.54, 1.807) is 19.2 Å². The number of rotatable bonds is 10. The van der Waals surface area contributed by atoms with Crippen molar-refractivity contribution in [2.75, 3.05) is 40.0 Å². The molecule has 0 fully saturated rings. The number of amides is 1. The van der Waals surface area contributed by atoms with Crippen LogP contribution in [0.15, 0.2) is 24.3 Å². The Labute approximate surface area is 127 Å². The molecule has 0 aliphatic heterocycles. The maximum Gasteiger partial charge on any atom is 0.251 e. The number of hydrogen-bond donors (Lipinski definition) is 2.